The molecule has 2 N–H and O–H groups in total. The lowest BCUT2D eigenvalue weighted by molar-refractivity contribution is -0.145. The van der Waals surface area contributed by atoms with Crippen molar-refractivity contribution in [3.63, 3.8) is 0 Å². The molecule has 1 aromatic heterocycles. The van der Waals surface area contributed by atoms with Crippen molar-refractivity contribution >= 4 is 5.96 Å². The van der Waals surface area contributed by atoms with Gasteiger partial charge in [0.25, 0.3) is 0 Å². The number of aromatic nitrogens is 3. The average Bonchev–Trinajstić information content (AvgIpc) is 3.06. The summed E-state index contributed by atoms with van der Waals surface area (Å²) < 4.78 is 8.13. The molecule has 0 saturated heterocycles. The maximum Gasteiger partial charge on any atom is 0.191 e. The molecule has 1 spiro atoms. The second-order valence-corrected chi connectivity index (χ2v) is 8.38. The van der Waals surface area contributed by atoms with Crippen molar-refractivity contribution in [3.05, 3.63) is 11.6 Å². The van der Waals surface area contributed by atoms with Crippen LogP contribution in [0.25, 0.3) is 0 Å². The van der Waals surface area contributed by atoms with Crippen LogP contribution in [0.4, 0.5) is 0 Å². The minimum Gasteiger partial charge on any atom is -0.378 e. The number of rotatable bonds is 4. The molecule has 2 heterocycles. The summed E-state index contributed by atoms with van der Waals surface area (Å²) in [5.74, 6) is 2.89. The SMILES string of the molecule is CCOC1CC(NC(=NC)NC2CCc3nc(C)nn3C2)C12CCCCC2. The fourth-order valence-electron chi connectivity index (χ4n) is 5.35. The van der Waals surface area contributed by atoms with Crippen LogP contribution in [-0.4, -0.2) is 52.6 Å². The molecule has 4 rings (SSSR count). The monoisotopic (exact) mass is 374 g/mol. The van der Waals surface area contributed by atoms with Crippen LogP contribution in [0.2, 0.25) is 0 Å². The van der Waals surface area contributed by atoms with Crippen LogP contribution in [0.5, 0.6) is 0 Å². The van der Waals surface area contributed by atoms with Crippen molar-refractivity contribution < 1.29 is 4.74 Å². The highest BCUT2D eigenvalue weighted by atomic mass is 16.5. The molecular formula is C20H34N6O. The molecule has 1 aliphatic heterocycles. The van der Waals surface area contributed by atoms with Gasteiger partial charge in [0, 0.05) is 37.6 Å². The summed E-state index contributed by atoms with van der Waals surface area (Å²) in [6, 6.07) is 0.809. The van der Waals surface area contributed by atoms with E-state index < -0.39 is 0 Å². The summed E-state index contributed by atoms with van der Waals surface area (Å²) in [5.41, 5.74) is 0.300. The van der Waals surface area contributed by atoms with Gasteiger partial charge in [-0.05, 0) is 39.5 Å². The van der Waals surface area contributed by atoms with Crippen molar-refractivity contribution in [2.45, 2.75) is 89.9 Å². The molecule has 0 bridgehead atoms. The maximum absolute atomic E-state index is 6.09. The van der Waals surface area contributed by atoms with Gasteiger partial charge in [-0.1, -0.05) is 19.3 Å². The number of ether oxygens (including phenoxy) is 1. The lowest BCUT2D eigenvalue weighted by atomic mass is 9.55. The van der Waals surface area contributed by atoms with E-state index in [4.69, 9.17) is 4.74 Å². The fourth-order valence-corrected chi connectivity index (χ4v) is 5.35. The Morgan fingerprint density at radius 2 is 2.11 bits per heavy atom. The zero-order chi connectivity index (χ0) is 18.9. The van der Waals surface area contributed by atoms with E-state index >= 15 is 0 Å². The zero-order valence-electron chi connectivity index (χ0n) is 17.0. The smallest absolute Gasteiger partial charge is 0.191 e. The minimum atomic E-state index is 0.300. The number of nitrogens with zero attached hydrogens (tertiary/aromatic N) is 4. The highest BCUT2D eigenvalue weighted by Crippen LogP contribution is 2.53. The molecule has 0 aromatic carbocycles. The topological polar surface area (TPSA) is 76.4 Å². The summed E-state index contributed by atoms with van der Waals surface area (Å²) in [5, 5.41) is 11.9. The summed E-state index contributed by atoms with van der Waals surface area (Å²) in [6.45, 7) is 5.74. The van der Waals surface area contributed by atoms with Gasteiger partial charge in [-0.3, -0.25) is 4.99 Å². The van der Waals surface area contributed by atoms with Gasteiger partial charge in [-0.2, -0.15) is 5.10 Å². The predicted molar refractivity (Wildman–Crippen MR) is 106 cm³/mol. The molecule has 3 atom stereocenters. The van der Waals surface area contributed by atoms with Gasteiger partial charge in [0.2, 0.25) is 0 Å². The Hall–Kier alpha value is -1.63. The Morgan fingerprint density at radius 1 is 1.30 bits per heavy atom. The van der Waals surface area contributed by atoms with Gasteiger partial charge in [0.05, 0.1) is 12.6 Å². The van der Waals surface area contributed by atoms with E-state index in [2.05, 4.69) is 32.6 Å². The molecule has 2 fully saturated rings. The Bertz CT molecular complexity index is 678. The fraction of sp³-hybridized carbons (Fsp3) is 0.850. The standard InChI is InChI=1S/C20H34N6O/c1-4-27-17-12-16(20(17)10-6-5-7-11-20)24-19(21-3)23-15-8-9-18-22-14(2)25-26(18)13-15/h15-17H,4-13H2,1-3H3,(H2,21,23,24). The molecule has 1 aromatic rings. The highest BCUT2D eigenvalue weighted by molar-refractivity contribution is 5.80. The van der Waals surface area contributed by atoms with Gasteiger partial charge < -0.3 is 15.4 Å². The molecule has 7 nitrogen and oxygen atoms in total. The van der Waals surface area contributed by atoms with E-state index in [0.717, 1.165) is 50.0 Å². The van der Waals surface area contributed by atoms with Gasteiger partial charge in [0.15, 0.2) is 5.96 Å². The summed E-state index contributed by atoms with van der Waals surface area (Å²) in [6.07, 6.45) is 10.1. The molecule has 0 radical (unpaired) electrons. The lowest BCUT2D eigenvalue weighted by Crippen LogP contribution is -2.67. The first kappa shape index (κ1) is 18.7. The molecule has 27 heavy (non-hydrogen) atoms. The minimum absolute atomic E-state index is 0.300. The van der Waals surface area contributed by atoms with Crippen molar-refractivity contribution in [2.75, 3.05) is 13.7 Å². The Balaban J connectivity index is 1.38. The van der Waals surface area contributed by atoms with Crippen LogP contribution < -0.4 is 10.6 Å². The Morgan fingerprint density at radius 3 is 2.85 bits per heavy atom. The third-order valence-electron chi connectivity index (χ3n) is 6.78. The molecule has 3 unspecified atom stereocenters. The van der Waals surface area contributed by atoms with E-state index in [1.54, 1.807) is 0 Å². The van der Waals surface area contributed by atoms with Crippen LogP contribution in [0.3, 0.4) is 0 Å². The summed E-state index contributed by atoms with van der Waals surface area (Å²) in [7, 11) is 1.87. The molecule has 7 heteroatoms. The van der Waals surface area contributed by atoms with E-state index in [-0.39, 0.29) is 0 Å². The molecule has 3 aliphatic rings. The number of aryl methyl sites for hydroxylation is 2. The van der Waals surface area contributed by atoms with Crippen LogP contribution >= 0.6 is 0 Å². The normalized spacial score (nSPS) is 29.9. The number of nitrogens with one attached hydrogen (secondary N) is 2. The van der Waals surface area contributed by atoms with Crippen molar-refractivity contribution in [3.8, 4) is 0 Å². The summed E-state index contributed by atoms with van der Waals surface area (Å²) >= 11 is 0. The molecule has 2 aliphatic carbocycles. The summed E-state index contributed by atoms with van der Waals surface area (Å²) in [4.78, 5) is 9.03. The lowest BCUT2D eigenvalue weighted by Gasteiger charge is -2.58. The third kappa shape index (κ3) is 3.58. The first-order valence-electron chi connectivity index (χ1n) is 10.7. The maximum atomic E-state index is 6.09. The Labute approximate surface area is 162 Å². The average molecular weight is 375 g/mol. The second-order valence-electron chi connectivity index (χ2n) is 8.38. The zero-order valence-corrected chi connectivity index (χ0v) is 17.0. The quantitative estimate of drug-likeness (QED) is 0.624. The molecule has 2 saturated carbocycles. The van der Waals surface area contributed by atoms with Crippen LogP contribution in [0, 0.1) is 12.3 Å². The van der Waals surface area contributed by atoms with Crippen LogP contribution in [0.1, 0.15) is 63.5 Å². The number of fused-ring (bicyclic) bond motifs is 1. The Kier molecular flexibility index (Phi) is 5.39. The molecule has 150 valence electrons. The van der Waals surface area contributed by atoms with Crippen LogP contribution in [0.15, 0.2) is 4.99 Å². The number of hydrogen-bond acceptors (Lipinski definition) is 4. The molecule has 0 amide bonds. The first-order chi connectivity index (χ1) is 13.1. The van der Waals surface area contributed by atoms with Crippen molar-refractivity contribution in [2.24, 2.45) is 10.4 Å². The third-order valence-corrected chi connectivity index (χ3v) is 6.78. The van der Waals surface area contributed by atoms with Gasteiger partial charge in [-0.25, -0.2) is 9.67 Å². The van der Waals surface area contributed by atoms with Gasteiger partial charge in [-0.15, -0.1) is 0 Å². The van der Waals surface area contributed by atoms with E-state index in [1.807, 2.05) is 18.7 Å². The predicted octanol–water partition coefficient (Wildman–Crippen LogP) is 2.19. The highest BCUT2D eigenvalue weighted by Gasteiger charge is 2.55. The largest absolute Gasteiger partial charge is 0.378 e. The second kappa shape index (κ2) is 7.78. The van der Waals surface area contributed by atoms with E-state index in [0.29, 0.717) is 23.6 Å². The van der Waals surface area contributed by atoms with Crippen molar-refractivity contribution in [1.82, 2.24) is 25.4 Å². The van der Waals surface area contributed by atoms with E-state index in [9.17, 15) is 0 Å². The van der Waals surface area contributed by atoms with Crippen LogP contribution in [-0.2, 0) is 17.7 Å². The molecular weight excluding hydrogens is 340 g/mol. The number of guanidine groups is 1. The van der Waals surface area contributed by atoms with Crippen molar-refractivity contribution in [1.29, 1.82) is 0 Å². The number of hydrogen-bond donors (Lipinski definition) is 2. The van der Waals surface area contributed by atoms with E-state index in [1.165, 1.54) is 32.1 Å². The number of aliphatic imine (C=N–C) groups is 1. The van der Waals surface area contributed by atoms with Gasteiger partial charge >= 0.3 is 0 Å². The first-order valence-corrected chi connectivity index (χ1v) is 10.7. The van der Waals surface area contributed by atoms with Gasteiger partial charge in [0.1, 0.15) is 11.6 Å².